The highest BCUT2D eigenvalue weighted by atomic mass is 19.1. The first-order valence-electron chi connectivity index (χ1n) is 8.48. The zero-order valence-corrected chi connectivity index (χ0v) is 14.8. The van der Waals surface area contributed by atoms with E-state index in [9.17, 15) is 19.3 Å². The number of carbonyl (C=O) groups excluding carboxylic acids is 1. The molecule has 28 heavy (non-hydrogen) atoms. The maximum atomic E-state index is 13.6. The number of hydrogen-bond donors (Lipinski definition) is 2. The fourth-order valence-electron chi connectivity index (χ4n) is 2.62. The van der Waals surface area contributed by atoms with Gasteiger partial charge in [0.2, 0.25) is 5.91 Å². The van der Waals surface area contributed by atoms with E-state index in [2.05, 4.69) is 15.6 Å². The van der Waals surface area contributed by atoms with Crippen LogP contribution in [0.15, 0.2) is 66.9 Å². The monoisotopic (exact) mass is 380 g/mol. The highest BCUT2D eigenvalue weighted by molar-refractivity contribution is 5.92. The highest BCUT2D eigenvalue weighted by Gasteiger charge is 2.15. The standard InChI is InChI=1S/C20H17FN4O3/c21-17-7-3-1-6-15(17)12-22-19-10-9-16(13-23-19)24-20(26)11-14-5-2-4-8-18(14)25(27)28/h1-10,13H,11-12H2,(H,22,23)(H,24,26). The molecule has 2 N–H and O–H groups in total. The molecule has 0 aliphatic carbocycles. The Hall–Kier alpha value is -3.81. The third-order valence-corrected chi connectivity index (χ3v) is 4.00. The molecule has 142 valence electrons. The van der Waals surface area contributed by atoms with E-state index < -0.39 is 4.92 Å². The topological polar surface area (TPSA) is 97.2 Å². The Bertz CT molecular complexity index is 993. The molecule has 0 unspecified atom stereocenters. The average Bonchev–Trinajstić information content (AvgIpc) is 2.68. The van der Waals surface area contributed by atoms with E-state index in [-0.39, 0.29) is 30.4 Å². The number of aromatic nitrogens is 1. The van der Waals surface area contributed by atoms with Crippen molar-refractivity contribution in [3.8, 4) is 0 Å². The van der Waals surface area contributed by atoms with E-state index in [1.807, 2.05) is 0 Å². The molecule has 0 atom stereocenters. The van der Waals surface area contributed by atoms with Crippen LogP contribution >= 0.6 is 0 Å². The molecule has 0 bridgehead atoms. The summed E-state index contributed by atoms with van der Waals surface area (Å²) < 4.78 is 13.6. The van der Waals surface area contributed by atoms with E-state index in [0.717, 1.165) is 0 Å². The smallest absolute Gasteiger partial charge is 0.273 e. The molecule has 3 aromatic rings. The van der Waals surface area contributed by atoms with Crippen molar-refractivity contribution in [3.63, 3.8) is 0 Å². The first-order chi connectivity index (χ1) is 13.5. The number of nitrogens with one attached hydrogen (secondary N) is 2. The SMILES string of the molecule is O=C(Cc1ccccc1[N+](=O)[O-])Nc1ccc(NCc2ccccc2F)nc1. The summed E-state index contributed by atoms with van der Waals surface area (Å²) in [5, 5.41) is 16.7. The van der Waals surface area contributed by atoms with Gasteiger partial charge < -0.3 is 10.6 Å². The number of carbonyl (C=O) groups is 1. The fourth-order valence-corrected chi connectivity index (χ4v) is 2.62. The van der Waals surface area contributed by atoms with Gasteiger partial charge in [-0.2, -0.15) is 0 Å². The molecule has 3 rings (SSSR count). The van der Waals surface area contributed by atoms with E-state index >= 15 is 0 Å². The van der Waals surface area contributed by atoms with Crippen molar-refractivity contribution >= 4 is 23.1 Å². The molecule has 0 saturated heterocycles. The van der Waals surface area contributed by atoms with Crippen molar-refractivity contribution in [2.24, 2.45) is 0 Å². The van der Waals surface area contributed by atoms with Crippen LogP contribution in [0, 0.1) is 15.9 Å². The second-order valence-corrected chi connectivity index (χ2v) is 5.99. The van der Waals surface area contributed by atoms with Gasteiger partial charge in [-0.3, -0.25) is 14.9 Å². The number of nitro benzene ring substituents is 1. The summed E-state index contributed by atoms with van der Waals surface area (Å²) in [4.78, 5) is 26.8. The molecule has 1 aromatic heterocycles. The first-order valence-corrected chi connectivity index (χ1v) is 8.48. The van der Waals surface area contributed by atoms with Gasteiger partial charge in [-0.15, -0.1) is 0 Å². The number of anilines is 2. The van der Waals surface area contributed by atoms with Crippen molar-refractivity contribution in [2.75, 3.05) is 10.6 Å². The predicted molar refractivity (Wildman–Crippen MR) is 103 cm³/mol. The number of halogens is 1. The van der Waals surface area contributed by atoms with Gasteiger partial charge in [0.05, 0.1) is 23.2 Å². The van der Waals surface area contributed by atoms with Gasteiger partial charge in [0.25, 0.3) is 5.69 Å². The Morgan fingerprint density at radius 2 is 1.75 bits per heavy atom. The lowest BCUT2D eigenvalue weighted by atomic mass is 10.1. The first kappa shape index (κ1) is 19.0. The van der Waals surface area contributed by atoms with Gasteiger partial charge in [0.1, 0.15) is 11.6 Å². The highest BCUT2D eigenvalue weighted by Crippen LogP contribution is 2.19. The number of nitro groups is 1. The summed E-state index contributed by atoms with van der Waals surface area (Å²) in [6.07, 6.45) is 1.34. The zero-order valence-electron chi connectivity index (χ0n) is 14.8. The number of benzene rings is 2. The molecule has 0 fully saturated rings. The van der Waals surface area contributed by atoms with E-state index in [1.165, 1.54) is 18.3 Å². The lowest BCUT2D eigenvalue weighted by Crippen LogP contribution is -2.15. The summed E-state index contributed by atoms with van der Waals surface area (Å²) >= 11 is 0. The van der Waals surface area contributed by atoms with Crippen LogP contribution in [-0.4, -0.2) is 15.8 Å². The Morgan fingerprint density at radius 3 is 2.43 bits per heavy atom. The Kier molecular flexibility index (Phi) is 5.91. The molecule has 1 amide bonds. The molecule has 2 aromatic carbocycles. The number of amides is 1. The quantitative estimate of drug-likeness (QED) is 0.478. The van der Waals surface area contributed by atoms with Crippen molar-refractivity contribution in [2.45, 2.75) is 13.0 Å². The molecule has 0 aliphatic heterocycles. The van der Waals surface area contributed by atoms with Crippen molar-refractivity contribution in [1.29, 1.82) is 0 Å². The number of nitrogens with zero attached hydrogens (tertiary/aromatic N) is 2. The minimum Gasteiger partial charge on any atom is -0.366 e. The van der Waals surface area contributed by atoms with Crippen molar-refractivity contribution < 1.29 is 14.1 Å². The molecule has 0 aliphatic rings. The molecular weight excluding hydrogens is 363 g/mol. The summed E-state index contributed by atoms with van der Waals surface area (Å²) in [5.41, 5.74) is 1.22. The molecule has 0 spiro atoms. The van der Waals surface area contributed by atoms with E-state index in [1.54, 1.807) is 48.5 Å². The third kappa shape index (κ3) is 4.88. The van der Waals surface area contributed by atoms with E-state index in [0.29, 0.717) is 22.6 Å². The Labute approximate surface area is 160 Å². The lowest BCUT2D eigenvalue weighted by Gasteiger charge is -2.09. The number of pyridine rings is 1. The molecule has 8 heteroatoms. The summed E-state index contributed by atoms with van der Waals surface area (Å²) in [5.74, 6) is -0.156. The van der Waals surface area contributed by atoms with Crippen LogP contribution in [0.5, 0.6) is 0 Å². The van der Waals surface area contributed by atoms with Crippen LogP contribution in [0.2, 0.25) is 0 Å². The molecule has 1 heterocycles. The van der Waals surface area contributed by atoms with Crippen LogP contribution in [0.25, 0.3) is 0 Å². The van der Waals surface area contributed by atoms with Crippen LogP contribution in [0.3, 0.4) is 0 Å². The molecule has 0 radical (unpaired) electrons. The van der Waals surface area contributed by atoms with Crippen molar-refractivity contribution in [3.05, 3.63) is 93.9 Å². The van der Waals surface area contributed by atoms with Crippen LogP contribution in [-0.2, 0) is 17.8 Å². The summed E-state index contributed by atoms with van der Waals surface area (Å²) in [7, 11) is 0. The van der Waals surface area contributed by atoms with Gasteiger partial charge in [-0.1, -0.05) is 36.4 Å². The van der Waals surface area contributed by atoms with Gasteiger partial charge in [0, 0.05) is 23.7 Å². The van der Waals surface area contributed by atoms with Gasteiger partial charge in [-0.05, 0) is 18.2 Å². The van der Waals surface area contributed by atoms with Crippen LogP contribution in [0.1, 0.15) is 11.1 Å². The fraction of sp³-hybridized carbons (Fsp3) is 0.100. The second-order valence-electron chi connectivity index (χ2n) is 5.99. The van der Waals surface area contributed by atoms with Crippen LogP contribution < -0.4 is 10.6 Å². The normalized spacial score (nSPS) is 10.3. The average molecular weight is 380 g/mol. The largest absolute Gasteiger partial charge is 0.366 e. The van der Waals surface area contributed by atoms with Crippen LogP contribution in [0.4, 0.5) is 21.6 Å². The molecule has 7 nitrogen and oxygen atoms in total. The van der Waals surface area contributed by atoms with Gasteiger partial charge >= 0.3 is 0 Å². The maximum absolute atomic E-state index is 13.6. The van der Waals surface area contributed by atoms with E-state index in [4.69, 9.17) is 0 Å². The Balaban J connectivity index is 1.57. The number of rotatable bonds is 7. The third-order valence-electron chi connectivity index (χ3n) is 4.00. The number of hydrogen-bond acceptors (Lipinski definition) is 5. The van der Waals surface area contributed by atoms with Gasteiger partial charge in [0.15, 0.2) is 0 Å². The van der Waals surface area contributed by atoms with Crippen molar-refractivity contribution in [1.82, 2.24) is 4.98 Å². The predicted octanol–water partition coefficient (Wildman–Crippen LogP) is 3.92. The minimum absolute atomic E-state index is 0.0940. The zero-order chi connectivity index (χ0) is 19.9. The lowest BCUT2D eigenvalue weighted by molar-refractivity contribution is -0.385. The minimum atomic E-state index is -0.514. The number of para-hydroxylation sites is 1. The molecular formula is C20H17FN4O3. The van der Waals surface area contributed by atoms with Gasteiger partial charge in [-0.25, -0.2) is 9.37 Å². The molecule has 0 saturated carbocycles. The summed E-state index contributed by atoms with van der Waals surface area (Å²) in [6.45, 7) is 0.281. The summed E-state index contributed by atoms with van der Waals surface area (Å²) in [6, 6.07) is 15.9. The maximum Gasteiger partial charge on any atom is 0.273 e. The Morgan fingerprint density at radius 1 is 1.04 bits per heavy atom. The second kappa shape index (κ2) is 8.72.